The number of hydrogen-bond acceptors (Lipinski definition) is 4. The van der Waals surface area contributed by atoms with E-state index in [0.29, 0.717) is 24.3 Å². The van der Waals surface area contributed by atoms with Crippen molar-refractivity contribution in [2.24, 2.45) is 0 Å². The molecule has 1 fully saturated rings. The van der Waals surface area contributed by atoms with Crippen LogP contribution in [0.4, 0.5) is 0 Å². The van der Waals surface area contributed by atoms with E-state index in [4.69, 9.17) is 4.42 Å². The zero-order chi connectivity index (χ0) is 18.5. The Morgan fingerprint density at radius 3 is 2.73 bits per heavy atom. The molecule has 26 heavy (non-hydrogen) atoms. The Balaban J connectivity index is 1.70. The van der Waals surface area contributed by atoms with E-state index in [1.807, 2.05) is 18.2 Å². The Morgan fingerprint density at radius 1 is 1.27 bits per heavy atom. The van der Waals surface area contributed by atoms with Crippen molar-refractivity contribution < 1.29 is 14.3 Å². The minimum Gasteiger partial charge on any atom is -0.427 e. The third-order valence-electron chi connectivity index (χ3n) is 4.99. The van der Waals surface area contributed by atoms with E-state index < -0.39 is 5.63 Å². The van der Waals surface area contributed by atoms with Gasteiger partial charge in [-0.15, -0.1) is 0 Å². The molecule has 0 spiro atoms. The molecule has 0 unspecified atom stereocenters. The van der Waals surface area contributed by atoms with E-state index in [1.54, 1.807) is 17.9 Å². The minimum absolute atomic E-state index is 0.0757. The van der Waals surface area contributed by atoms with Crippen LogP contribution in [0.15, 0.2) is 45.6 Å². The zero-order valence-corrected chi connectivity index (χ0v) is 15.1. The summed E-state index contributed by atoms with van der Waals surface area (Å²) in [5.74, 6) is 0.281. The van der Waals surface area contributed by atoms with Crippen LogP contribution in [-0.4, -0.2) is 35.1 Å². The SMILES string of the molecule is Cc1cc(CCCc2ccccc2)oc(=O)c1C(=O)N1CCC[C@@H]1CO. The van der Waals surface area contributed by atoms with Crippen molar-refractivity contribution in [1.82, 2.24) is 4.90 Å². The fourth-order valence-electron chi connectivity index (χ4n) is 3.60. The van der Waals surface area contributed by atoms with Gasteiger partial charge < -0.3 is 14.4 Å². The molecule has 1 aromatic heterocycles. The first-order valence-electron chi connectivity index (χ1n) is 9.19. The number of carbonyl (C=O) groups is 1. The molecule has 2 aromatic rings. The highest BCUT2D eigenvalue weighted by atomic mass is 16.4. The summed E-state index contributed by atoms with van der Waals surface area (Å²) in [4.78, 5) is 26.7. The molecule has 2 heterocycles. The van der Waals surface area contributed by atoms with Crippen LogP contribution in [0.25, 0.3) is 0 Å². The summed E-state index contributed by atoms with van der Waals surface area (Å²) in [7, 11) is 0. The lowest BCUT2D eigenvalue weighted by atomic mass is 10.1. The molecule has 1 amide bonds. The predicted molar refractivity (Wildman–Crippen MR) is 99.3 cm³/mol. The molecule has 1 atom stereocenters. The molecule has 1 aliphatic rings. The molecular formula is C21H25NO4. The Bertz CT molecular complexity index is 813. The lowest BCUT2D eigenvalue weighted by molar-refractivity contribution is 0.0672. The van der Waals surface area contributed by atoms with Gasteiger partial charge in [-0.05, 0) is 49.8 Å². The van der Waals surface area contributed by atoms with Gasteiger partial charge in [-0.25, -0.2) is 4.79 Å². The number of carbonyl (C=O) groups excluding carboxylic acids is 1. The number of rotatable bonds is 6. The second kappa shape index (κ2) is 8.32. The van der Waals surface area contributed by atoms with E-state index in [-0.39, 0.29) is 24.1 Å². The molecule has 0 aliphatic carbocycles. The Morgan fingerprint density at radius 2 is 2.04 bits per heavy atom. The first kappa shape index (κ1) is 18.4. The second-order valence-corrected chi connectivity index (χ2v) is 6.87. The van der Waals surface area contributed by atoms with Crippen molar-refractivity contribution in [3.8, 4) is 0 Å². The maximum Gasteiger partial charge on any atom is 0.349 e. The van der Waals surface area contributed by atoms with E-state index >= 15 is 0 Å². The van der Waals surface area contributed by atoms with E-state index in [9.17, 15) is 14.7 Å². The van der Waals surface area contributed by atoms with Crippen LogP contribution in [0.2, 0.25) is 0 Å². The standard InChI is InChI=1S/C21H25NO4/c1-15-13-18(11-5-9-16-7-3-2-4-8-16)26-21(25)19(15)20(24)22-12-6-10-17(22)14-23/h2-4,7-8,13,17,23H,5-6,9-12,14H2,1H3/t17-/m1/s1. The van der Waals surface area contributed by atoms with Crippen molar-refractivity contribution in [1.29, 1.82) is 0 Å². The topological polar surface area (TPSA) is 70.8 Å². The summed E-state index contributed by atoms with van der Waals surface area (Å²) in [5, 5.41) is 9.41. The van der Waals surface area contributed by atoms with Crippen molar-refractivity contribution >= 4 is 5.91 Å². The summed E-state index contributed by atoms with van der Waals surface area (Å²) < 4.78 is 5.41. The highest BCUT2D eigenvalue weighted by Crippen LogP contribution is 2.20. The smallest absolute Gasteiger partial charge is 0.349 e. The lowest BCUT2D eigenvalue weighted by Gasteiger charge is -2.23. The summed E-state index contributed by atoms with van der Waals surface area (Å²) in [6.45, 7) is 2.27. The minimum atomic E-state index is -0.576. The van der Waals surface area contributed by atoms with Gasteiger partial charge in [-0.1, -0.05) is 30.3 Å². The summed E-state index contributed by atoms with van der Waals surface area (Å²) >= 11 is 0. The van der Waals surface area contributed by atoms with Gasteiger partial charge in [0.1, 0.15) is 11.3 Å². The fraction of sp³-hybridized carbons (Fsp3) is 0.429. The van der Waals surface area contributed by atoms with Gasteiger partial charge in [0.15, 0.2) is 0 Å². The van der Waals surface area contributed by atoms with Crippen LogP contribution in [0.5, 0.6) is 0 Å². The van der Waals surface area contributed by atoms with Gasteiger partial charge in [-0.2, -0.15) is 0 Å². The number of hydrogen-bond donors (Lipinski definition) is 1. The van der Waals surface area contributed by atoms with Crippen molar-refractivity contribution in [3.05, 3.63) is 69.3 Å². The zero-order valence-electron chi connectivity index (χ0n) is 15.1. The monoisotopic (exact) mass is 355 g/mol. The Hall–Kier alpha value is -2.40. The van der Waals surface area contributed by atoms with E-state index in [2.05, 4.69) is 12.1 Å². The normalized spacial score (nSPS) is 16.8. The quantitative estimate of drug-likeness (QED) is 0.865. The molecule has 1 aromatic carbocycles. The number of amides is 1. The number of nitrogens with zero attached hydrogens (tertiary/aromatic N) is 1. The van der Waals surface area contributed by atoms with Crippen LogP contribution in [0.1, 0.15) is 46.5 Å². The molecule has 1 N–H and O–H groups in total. The number of likely N-dealkylation sites (tertiary alicyclic amines) is 1. The van der Waals surface area contributed by atoms with Crippen molar-refractivity contribution in [3.63, 3.8) is 0 Å². The number of benzene rings is 1. The molecular weight excluding hydrogens is 330 g/mol. The summed E-state index contributed by atoms with van der Waals surface area (Å²) in [6.07, 6.45) is 4.06. The first-order chi connectivity index (χ1) is 12.6. The first-order valence-corrected chi connectivity index (χ1v) is 9.19. The van der Waals surface area contributed by atoms with Crippen molar-refractivity contribution in [2.75, 3.05) is 13.2 Å². The van der Waals surface area contributed by atoms with Gasteiger partial charge in [0.25, 0.3) is 5.91 Å². The molecule has 3 rings (SSSR count). The number of aliphatic hydroxyl groups excluding tert-OH is 1. The maximum absolute atomic E-state index is 12.7. The van der Waals surface area contributed by atoms with Gasteiger partial charge in [-0.3, -0.25) is 4.79 Å². The molecule has 1 saturated heterocycles. The van der Waals surface area contributed by atoms with Crippen LogP contribution >= 0.6 is 0 Å². The third kappa shape index (κ3) is 4.05. The van der Waals surface area contributed by atoms with E-state index in [1.165, 1.54) is 5.56 Å². The average Bonchev–Trinajstić information content (AvgIpc) is 3.11. The Labute approximate surface area is 153 Å². The largest absolute Gasteiger partial charge is 0.427 e. The number of aliphatic hydroxyl groups is 1. The van der Waals surface area contributed by atoms with Gasteiger partial charge in [0.2, 0.25) is 0 Å². The lowest BCUT2D eigenvalue weighted by Crippen LogP contribution is -2.40. The molecule has 5 nitrogen and oxygen atoms in total. The van der Waals surface area contributed by atoms with Crippen LogP contribution in [-0.2, 0) is 12.8 Å². The summed E-state index contributed by atoms with van der Waals surface area (Å²) in [6, 6.07) is 11.8. The molecule has 0 bridgehead atoms. The van der Waals surface area contributed by atoms with Gasteiger partial charge in [0, 0.05) is 13.0 Å². The summed E-state index contributed by atoms with van der Waals surface area (Å²) in [5.41, 5.74) is 1.41. The maximum atomic E-state index is 12.7. The highest BCUT2D eigenvalue weighted by Gasteiger charge is 2.31. The molecule has 0 radical (unpaired) electrons. The predicted octanol–water partition coefficient (Wildman–Crippen LogP) is 2.72. The fourth-order valence-corrected chi connectivity index (χ4v) is 3.60. The van der Waals surface area contributed by atoms with Gasteiger partial charge >= 0.3 is 5.63 Å². The third-order valence-corrected chi connectivity index (χ3v) is 4.99. The highest BCUT2D eigenvalue weighted by molar-refractivity contribution is 5.95. The van der Waals surface area contributed by atoms with Gasteiger partial charge in [0.05, 0.1) is 12.6 Å². The van der Waals surface area contributed by atoms with Crippen molar-refractivity contribution in [2.45, 2.75) is 45.1 Å². The molecule has 1 aliphatic heterocycles. The number of aryl methyl sites for hydroxylation is 3. The van der Waals surface area contributed by atoms with Crippen LogP contribution in [0, 0.1) is 6.92 Å². The average molecular weight is 355 g/mol. The Kier molecular flexibility index (Phi) is 5.89. The molecule has 5 heteroatoms. The molecule has 0 saturated carbocycles. The second-order valence-electron chi connectivity index (χ2n) is 6.87. The van der Waals surface area contributed by atoms with Crippen LogP contribution < -0.4 is 5.63 Å². The van der Waals surface area contributed by atoms with Crippen LogP contribution in [0.3, 0.4) is 0 Å². The molecule has 138 valence electrons. The van der Waals surface area contributed by atoms with E-state index in [0.717, 1.165) is 25.7 Å².